The van der Waals surface area contributed by atoms with Crippen LogP contribution >= 0.6 is 0 Å². The summed E-state index contributed by atoms with van der Waals surface area (Å²) >= 11 is 0. The molecule has 0 aliphatic rings. The molecule has 3 nitrogen and oxygen atoms in total. The molecule has 2 radical (unpaired) electrons. The summed E-state index contributed by atoms with van der Waals surface area (Å²) in [5.74, 6) is 0. The van der Waals surface area contributed by atoms with Crippen LogP contribution in [0.4, 0.5) is 0 Å². The first-order chi connectivity index (χ1) is 8.26. The van der Waals surface area contributed by atoms with Crippen LogP contribution in [0.1, 0.15) is 57.6 Å². The molecule has 19 heavy (non-hydrogen) atoms. The third kappa shape index (κ3) is 15.6. The van der Waals surface area contributed by atoms with Gasteiger partial charge in [-0.3, -0.25) is 0 Å². The first-order valence-electron chi connectivity index (χ1n) is 6.69. The number of unbranched alkanes of at least 4 members (excludes halogenated alkanes) is 5. The van der Waals surface area contributed by atoms with E-state index in [0.29, 0.717) is 0 Å². The predicted octanol–water partition coefficient (Wildman–Crippen LogP) is 3.99. The van der Waals surface area contributed by atoms with Crippen LogP contribution in [-0.4, -0.2) is 15.0 Å². The van der Waals surface area contributed by atoms with Gasteiger partial charge in [-0.25, -0.2) is 4.68 Å². The van der Waals surface area contributed by atoms with Crippen LogP contribution in [0.25, 0.3) is 0 Å². The van der Waals surface area contributed by atoms with Gasteiger partial charge in [-0.05, 0) is 13.3 Å². The zero-order valence-corrected chi connectivity index (χ0v) is 18.3. The second-order valence-electron chi connectivity index (χ2n) is 4.22. The smallest absolute Gasteiger partial charge is 0.0722 e. The molecule has 0 amide bonds. The van der Waals surface area contributed by atoms with Crippen LogP contribution in [0.2, 0.25) is 0 Å². The predicted molar refractivity (Wildman–Crippen MR) is 73.5 cm³/mol. The fourth-order valence-electron chi connectivity index (χ4n) is 1.40. The van der Waals surface area contributed by atoms with Crippen LogP contribution in [-0.2, 0) is 72.0 Å². The number of rotatable bonds is 7. The Morgan fingerprint density at radius 3 is 2.00 bits per heavy atom. The summed E-state index contributed by atoms with van der Waals surface area (Å²) in [6.45, 7) is 12.7. The van der Waals surface area contributed by atoms with Crippen molar-refractivity contribution in [3.8, 4) is 0 Å². The maximum atomic E-state index is 3.93. The molecule has 0 spiro atoms. The first kappa shape index (κ1) is 25.3. The van der Waals surface area contributed by atoms with Gasteiger partial charge >= 0.3 is 0 Å². The fraction of sp³-hybridized carbons (Fsp3) is 0.714. The van der Waals surface area contributed by atoms with E-state index in [4.69, 9.17) is 0 Å². The molecule has 0 saturated heterocycles. The topological polar surface area (TPSA) is 30.7 Å². The molecule has 0 atom stereocenters. The summed E-state index contributed by atoms with van der Waals surface area (Å²) < 4.78 is 1.93. The molecule has 106 valence electrons. The van der Waals surface area contributed by atoms with E-state index in [0.717, 1.165) is 31.5 Å². The van der Waals surface area contributed by atoms with E-state index in [1.807, 2.05) is 11.6 Å². The maximum Gasteiger partial charge on any atom is 0.0722 e. The van der Waals surface area contributed by atoms with Crippen LogP contribution in [0.15, 0.2) is 6.20 Å². The second-order valence-corrected chi connectivity index (χ2v) is 4.22. The van der Waals surface area contributed by atoms with Crippen LogP contribution < -0.4 is 0 Å². The zero-order chi connectivity index (χ0) is 12.9. The molecular weight excluding hydrogens is 388 g/mol. The molecule has 0 fully saturated rings. The van der Waals surface area contributed by atoms with E-state index in [2.05, 4.69) is 31.1 Å². The van der Waals surface area contributed by atoms with E-state index >= 15 is 0 Å². The summed E-state index contributed by atoms with van der Waals surface area (Å²) in [5, 5.41) is 7.73. The van der Waals surface area contributed by atoms with Gasteiger partial charge in [0.1, 0.15) is 0 Å². The number of hydrogen-bond donors (Lipinski definition) is 0. The average molecular weight is 415 g/mol. The average Bonchev–Trinajstić information content (AvgIpc) is 2.74. The van der Waals surface area contributed by atoms with Gasteiger partial charge in [0.25, 0.3) is 0 Å². The number of aryl methyl sites for hydroxylation is 2. The Bertz CT molecular complexity index is 261. The largest absolute Gasteiger partial charge is 0.343 e. The van der Waals surface area contributed by atoms with Gasteiger partial charge in [-0.1, -0.05) is 37.8 Å². The third-order valence-electron chi connectivity index (χ3n) is 2.53. The molecule has 0 N–H and O–H groups in total. The van der Waals surface area contributed by atoms with Crippen molar-refractivity contribution >= 4 is 0 Å². The molecule has 1 aromatic heterocycles. The van der Waals surface area contributed by atoms with Gasteiger partial charge in [0.05, 0.1) is 11.9 Å². The van der Waals surface area contributed by atoms with Gasteiger partial charge in [-0.15, -0.1) is 5.10 Å². The van der Waals surface area contributed by atoms with Crippen molar-refractivity contribution in [1.29, 1.82) is 0 Å². The molecule has 1 aromatic rings. The van der Waals surface area contributed by atoms with Crippen LogP contribution in [0, 0.1) is 20.8 Å². The zero-order valence-electron chi connectivity index (χ0n) is 12.6. The molecule has 0 bridgehead atoms. The molecule has 0 saturated carbocycles. The quantitative estimate of drug-likeness (QED) is 0.498. The van der Waals surface area contributed by atoms with E-state index in [1.54, 1.807) is 6.20 Å². The van der Waals surface area contributed by atoms with Crippen molar-refractivity contribution in [2.75, 3.05) is 0 Å². The Morgan fingerprint density at radius 2 is 1.63 bits per heavy atom. The molecule has 0 aliphatic heterocycles. The van der Waals surface area contributed by atoms with Crippen molar-refractivity contribution in [2.24, 2.45) is 0 Å². The normalized spacial score (nSPS) is 8.84. The first-order valence-corrected chi connectivity index (χ1v) is 6.69. The molecule has 0 aromatic carbocycles. The van der Waals surface area contributed by atoms with Gasteiger partial charge < -0.3 is 13.8 Å². The SMILES string of the molecule is [CH2-]CCCCC.[CH2-]CCCCn1nncc1C.[Y].[Y]. The Balaban J connectivity index is -0.000000282. The van der Waals surface area contributed by atoms with Crippen molar-refractivity contribution in [2.45, 2.75) is 65.3 Å². The van der Waals surface area contributed by atoms with E-state index in [1.165, 1.54) is 25.7 Å². The molecule has 0 aliphatic carbocycles. The summed E-state index contributed by atoms with van der Waals surface area (Å²) in [6.07, 6.45) is 10.2. The summed E-state index contributed by atoms with van der Waals surface area (Å²) in [4.78, 5) is 0. The maximum absolute atomic E-state index is 3.93. The van der Waals surface area contributed by atoms with Gasteiger partial charge in [0.2, 0.25) is 0 Å². The third-order valence-corrected chi connectivity index (χ3v) is 2.53. The Hall–Kier alpha value is 1.35. The Morgan fingerprint density at radius 1 is 1.05 bits per heavy atom. The second kappa shape index (κ2) is 19.3. The molecular formula is C14H27N3Y2-2. The Kier molecular flexibility index (Phi) is 25.8. The van der Waals surface area contributed by atoms with Crippen LogP contribution in [0.5, 0.6) is 0 Å². The van der Waals surface area contributed by atoms with Gasteiger partial charge in [0.15, 0.2) is 0 Å². The van der Waals surface area contributed by atoms with Gasteiger partial charge in [-0.2, -0.15) is 12.8 Å². The summed E-state index contributed by atoms with van der Waals surface area (Å²) in [5.41, 5.74) is 1.13. The van der Waals surface area contributed by atoms with E-state index in [-0.39, 0.29) is 65.4 Å². The fourth-order valence-corrected chi connectivity index (χ4v) is 1.40. The number of nitrogens with zero attached hydrogens (tertiary/aromatic N) is 3. The monoisotopic (exact) mass is 415 g/mol. The minimum atomic E-state index is 0. The van der Waals surface area contributed by atoms with E-state index < -0.39 is 0 Å². The van der Waals surface area contributed by atoms with Crippen molar-refractivity contribution in [3.63, 3.8) is 0 Å². The number of hydrogen-bond acceptors (Lipinski definition) is 2. The van der Waals surface area contributed by atoms with Crippen molar-refractivity contribution in [3.05, 3.63) is 25.7 Å². The summed E-state index contributed by atoms with van der Waals surface area (Å²) in [7, 11) is 0. The molecule has 0 unspecified atom stereocenters. The van der Waals surface area contributed by atoms with Crippen molar-refractivity contribution in [1.82, 2.24) is 15.0 Å². The van der Waals surface area contributed by atoms with E-state index in [9.17, 15) is 0 Å². The molecule has 1 heterocycles. The van der Waals surface area contributed by atoms with Gasteiger partial charge in [0, 0.05) is 72.0 Å². The minimum Gasteiger partial charge on any atom is -0.343 e. The standard InChI is InChI=1S/C8H14N3.C6H13.2Y/c1-3-4-5-6-11-8(2)7-9-10-11;1-3-5-6-4-2;;/h7H,1,3-6H2,2H3;1,3-6H2,2H3;;/q2*-1;;. The van der Waals surface area contributed by atoms with Crippen LogP contribution in [0.3, 0.4) is 0 Å². The Labute approximate surface area is 169 Å². The van der Waals surface area contributed by atoms with Crippen molar-refractivity contribution < 1.29 is 65.4 Å². The summed E-state index contributed by atoms with van der Waals surface area (Å²) in [6, 6.07) is 0. The molecule has 1 rings (SSSR count). The molecule has 5 heteroatoms. The minimum absolute atomic E-state index is 0. The number of aromatic nitrogens is 3.